The molecule has 1 aromatic carbocycles. The Labute approximate surface area is 119 Å². The molecule has 0 aliphatic carbocycles. The molecule has 1 heterocycles. The maximum Gasteiger partial charge on any atom is 0.124 e. The van der Waals surface area contributed by atoms with Crippen LogP contribution in [-0.4, -0.2) is 24.0 Å². The van der Waals surface area contributed by atoms with Crippen molar-refractivity contribution in [2.24, 2.45) is 5.73 Å². The van der Waals surface area contributed by atoms with E-state index in [1.807, 2.05) is 0 Å². The zero-order valence-electron chi connectivity index (χ0n) is 11.4. The van der Waals surface area contributed by atoms with E-state index >= 15 is 0 Å². The van der Waals surface area contributed by atoms with Crippen LogP contribution < -0.4 is 5.73 Å². The summed E-state index contributed by atoms with van der Waals surface area (Å²) in [6.45, 7) is 4.21. The van der Waals surface area contributed by atoms with Gasteiger partial charge >= 0.3 is 0 Å². The van der Waals surface area contributed by atoms with Gasteiger partial charge in [-0.2, -0.15) is 0 Å². The summed E-state index contributed by atoms with van der Waals surface area (Å²) < 4.78 is 13.2. The van der Waals surface area contributed by atoms with E-state index in [-0.39, 0.29) is 17.9 Å². The second kappa shape index (κ2) is 6.69. The van der Waals surface area contributed by atoms with Gasteiger partial charge in [0, 0.05) is 11.1 Å². The fourth-order valence-electron chi connectivity index (χ4n) is 2.97. The van der Waals surface area contributed by atoms with Gasteiger partial charge < -0.3 is 5.73 Å². The maximum absolute atomic E-state index is 13.2. The van der Waals surface area contributed by atoms with Crippen LogP contribution in [0.2, 0.25) is 5.02 Å². The number of rotatable bonds is 3. The minimum atomic E-state index is -0.294. The van der Waals surface area contributed by atoms with Crippen LogP contribution in [0.5, 0.6) is 0 Å². The lowest BCUT2D eigenvalue weighted by molar-refractivity contribution is 0.186. The highest BCUT2D eigenvalue weighted by Crippen LogP contribution is 2.34. The van der Waals surface area contributed by atoms with Crippen LogP contribution >= 0.6 is 11.6 Å². The van der Waals surface area contributed by atoms with Gasteiger partial charge in [0.2, 0.25) is 0 Å². The first kappa shape index (κ1) is 14.8. The highest BCUT2D eigenvalue weighted by Gasteiger charge is 2.29. The number of halogens is 2. The van der Waals surface area contributed by atoms with Gasteiger partial charge in [-0.25, -0.2) is 4.39 Å². The van der Waals surface area contributed by atoms with E-state index in [1.165, 1.54) is 18.6 Å². The Morgan fingerprint density at radius 3 is 2.89 bits per heavy atom. The lowest BCUT2D eigenvalue weighted by Crippen LogP contribution is -2.40. The third kappa shape index (κ3) is 3.47. The standard InChI is InChI=1S/C15H22ClFN2/c1-2-8-19-9-4-3-5-14(18)15(19)12-7-6-11(17)10-13(12)16/h6-7,10,14-15H,2-5,8-9,18H2,1H3. The van der Waals surface area contributed by atoms with Crippen LogP contribution in [0.15, 0.2) is 18.2 Å². The number of nitrogens with zero attached hydrogens (tertiary/aromatic N) is 1. The normalized spacial score (nSPS) is 25.3. The van der Waals surface area contributed by atoms with E-state index < -0.39 is 0 Å². The summed E-state index contributed by atoms with van der Waals surface area (Å²) in [6.07, 6.45) is 4.40. The molecule has 1 aliphatic heterocycles. The van der Waals surface area contributed by atoms with Crippen LogP contribution in [-0.2, 0) is 0 Å². The van der Waals surface area contributed by atoms with Crippen LogP contribution in [0.4, 0.5) is 4.39 Å². The lowest BCUT2D eigenvalue weighted by atomic mass is 9.96. The molecule has 2 N–H and O–H groups in total. The third-order valence-electron chi connectivity index (χ3n) is 3.82. The average Bonchev–Trinajstić information content (AvgIpc) is 2.53. The van der Waals surface area contributed by atoms with Gasteiger partial charge in [0.1, 0.15) is 5.82 Å². The summed E-state index contributed by atoms with van der Waals surface area (Å²) in [5.41, 5.74) is 7.31. The lowest BCUT2D eigenvalue weighted by Gasteiger charge is -2.34. The summed E-state index contributed by atoms with van der Waals surface area (Å²) in [7, 11) is 0. The molecular formula is C15H22ClFN2. The first-order valence-electron chi connectivity index (χ1n) is 7.08. The number of nitrogens with two attached hydrogens (primary N) is 1. The zero-order valence-corrected chi connectivity index (χ0v) is 12.2. The number of benzene rings is 1. The fourth-order valence-corrected chi connectivity index (χ4v) is 3.25. The Hall–Kier alpha value is -0.640. The van der Waals surface area contributed by atoms with E-state index in [1.54, 1.807) is 6.07 Å². The molecular weight excluding hydrogens is 263 g/mol. The molecule has 106 valence electrons. The topological polar surface area (TPSA) is 29.3 Å². The van der Waals surface area contributed by atoms with Crippen molar-refractivity contribution in [1.29, 1.82) is 0 Å². The predicted molar refractivity (Wildman–Crippen MR) is 77.8 cm³/mol. The van der Waals surface area contributed by atoms with Gasteiger partial charge in [-0.1, -0.05) is 31.0 Å². The van der Waals surface area contributed by atoms with Crippen molar-refractivity contribution < 1.29 is 4.39 Å². The third-order valence-corrected chi connectivity index (χ3v) is 4.15. The van der Waals surface area contributed by atoms with Gasteiger partial charge in [0.25, 0.3) is 0 Å². The molecule has 2 atom stereocenters. The average molecular weight is 285 g/mol. The molecule has 0 aromatic heterocycles. The predicted octanol–water partition coefficient (Wildman–Crippen LogP) is 3.74. The fraction of sp³-hybridized carbons (Fsp3) is 0.600. The van der Waals surface area contributed by atoms with Gasteiger partial charge in [-0.15, -0.1) is 0 Å². The maximum atomic E-state index is 13.2. The number of hydrogen-bond acceptors (Lipinski definition) is 2. The van der Waals surface area contributed by atoms with Gasteiger partial charge in [0.05, 0.1) is 6.04 Å². The summed E-state index contributed by atoms with van der Waals surface area (Å²) in [6, 6.07) is 4.82. The SMILES string of the molecule is CCCN1CCCCC(N)C1c1ccc(F)cc1Cl. The van der Waals surface area contributed by atoms with Gasteiger partial charge in [-0.05, 0) is 50.0 Å². The highest BCUT2D eigenvalue weighted by molar-refractivity contribution is 6.31. The second-order valence-corrected chi connectivity index (χ2v) is 5.71. The molecule has 1 aromatic rings. The monoisotopic (exact) mass is 284 g/mol. The van der Waals surface area contributed by atoms with E-state index in [9.17, 15) is 4.39 Å². The van der Waals surface area contributed by atoms with Crippen molar-refractivity contribution in [3.63, 3.8) is 0 Å². The molecule has 2 nitrogen and oxygen atoms in total. The second-order valence-electron chi connectivity index (χ2n) is 5.31. The summed E-state index contributed by atoms with van der Waals surface area (Å²) in [5, 5.41) is 0.489. The first-order chi connectivity index (χ1) is 9.13. The molecule has 0 bridgehead atoms. The molecule has 2 rings (SSSR count). The van der Waals surface area contributed by atoms with Crippen LogP contribution in [0.3, 0.4) is 0 Å². The first-order valence-corrected chi connectivity index (χ1v) is 7.46. The van der Waals surface area contributed by atoms with Crippen molar-refractivity contribution in [2.75, 3.05) is 13.1 Å². The van der Waals surface area contributed by atoms with E-state index in [0.29, 0.717) is 5.02 Å². The Bertz CT molecular complexity index is 425. The molecule has 1 aliphatic rings. The Kier molecular flexibility index (Phi) is 5.20. The van der Waals surface area contributed by atoms with Crippen LogP contribution in [0, 0.1) is 5.82 Å². The van der Waals surface area contributed by atoms with Crippen molar-refractivity contribution in [3.05, 3.63) is 34.6 Å². The zero-order chi connectivity index (χ0) is 13.8. The van der Waals surface area contributed by atoms with Gasteiger partial charge in [0.15, 0.2) is 0 Å². The largest absolute Gasteiger partial charge is 0.326 e. The van der Waals surface area contributed by atoms with Crippen molar-refractivity contribution in [3.8, 4) is 0 Å². The van der Waals surface area contributed by atoms with E-state index in [4.69, 9.17) is 17.3 Å². The minimum Gasteiger partial charge on any atom is -0.326 e. The molecule has 4 heteroatoms. The number of likely N-dealkylation sites (tertiary alicyclic amines) is 1. The van der Waals surface area contributed by atoms with Crippen LogP contribution in [0.25, 0.3) is 0 Å². The molecule has 0 radical (unpaired) electrons. The van der Waals surface area contributed by atoms with E-state index in [0.717, 1.165) is 37.9 Å². The van der Waals surface area contributed by atoms with Crippen molar-refractivity contribution >= 4 is 11.6 Å². The Morgan fingerprint density at radius 2 is 2.21 bits per heavy atom. The Balaban J connectivity index is 2.34. The quantitative estimate of drug-likeness (QED) is 0.916. The highest BCUT2D eigenvalue weighted by atomic mass is 35.5. The molecule has 1 fully saturated rings. The van der Waals surface area contributed by atoms with E-state index in [2.05, 4.69) is 11.8 Å². The molecule has 0 spiro atoms. The smallest absolute Gasteiger partial charge is 0.124 e. The molecule has 19 heavy (non-hydrogen) atoms. The van der Waals surface area contributed by atoms with Crippen molar-refractivity contribution in [2.45, 2.75) is 44.7 Å². The van der Waals surface area contributed by atoms with Crippen LogP contribution in [0.1, 0.15) is 44.2 Å². The minimum absolute atomic E-state index is 0.0667. The Morgan fingerprint density at radius 1 is 1.42 bits per heavy atom. The molecule has 0 saturated carbocycles. The van der Waals surface area contributed by atoms with Crippen molar-refractivity contribution in [1.82, 2.24) is 4.90 Å². The molecule has 2 unspecified atom stereocenters. The summed E-state index contributed by atoms with van der Waals surface area (Å²) in [5.74, 6) is -0.294. The summed E-state index contributed by atoms with van der Waals surface area (Å²) >= 11 is 6.22. The number of hydrogen-bond donors (Lipinski definition) is 1. The molecule has 1 saturated heterocycles. The van der Waals surface area contributed by atoms with Gasteiger partial charge in [-0.3, -0.25) is 4.90 Å². The molecule has 0 amide bonds. The summed E-state index contributed by atoms with van der Waals surface area (Å²) in [4.78, 5) is 2.40.